The van der Waals surface area contributed by atoms with Crippen molar-refractivity contribution in [2.75, 3.05) is 0 Å². The molecule has 2 nitrogen and oxygen atoms in total. The van der Waals surface area contributed by atoms with Crippen LogP contribution in [0.3, 0.4) is 0 Å². The standard InChI is InChI=1S/C12H21IO2Si/c1-12(2,3)16(4,5)15-9-6-7-11(14)10(13)8-9/h8-9H,6-7H2,1-5H3/t9-/m0/s1. The molecule has 0 aliphatic heterocycles. The molecule has 1 atom stereocenters. The number of Topliss-reactive ketones (excluding diaryl/α,β-unsaturated/α-hetero) is 1. The van der Waals surface area contributed by atoms with Crippen LogP contribution in [-0.2, 0) is 9.22 Å². The molecule has 0 aromatic rings. The Labute approximate surface area is 113 Å². The Morgan fingerprint density at radius 1 is 1.44 bits per heavy atom. The minimum atomic E-state index is -1.70. The fourth-order valence-electron chi connectivity index (χ4n) is 1.38. The third-order valence-corrected chi connectivity index (χ3v) is 8.97. The second-order valence-electron chi connectivity index (χ2n) is 5.89. The van der Waals surface area contributed by atoms with Gasteiger partial charge in [0.2, 0.25) is 0 Å². The number of rotatable bonds is 2. The summed E-state index contributed by atoms with van der Waals surface area (Å²) in [7, 11) is -1.70. The monoisotopic (exact) mass is 352 g/mol. The predicted octanol–water partition coefficient (Wildman–Crippen LogP) is 4.06. The van der Waals surface area contributed by atoms with E-state index in [1.807, 2.05) is 6.08 Å². The summed E-state index contributed by atoms with van der Waals surface area (Å²) in [5.41, 5.74) is 0. The lowest BCUT2D eigenvalue weighted by Gasteiger charge is -2.39. The van der Waals surface area contributed by atoms with E-state index in [4.69, 9.17) is 4.43 Å². The van der Waals surface area contributed by atoms with E-state index in [2.05, 4.69) is 56.5 Å². The van der Waals surface area contributed by atoms with Crippen molar-refractivity contribution in [1.29, 1.82) is 0 Å². The third kappa shape index (κ3) is 3.40. The normalized spacial score (nSPS) is 23.2. The molecule has 0 spiro atoms. The van der Waals surface area contributed by atoms with Gasteiger partial charge >= 0.3 is 0 Å². The lowest BCUT2D eigenvalue weighted by molar-refractivity contribution is -0.115. The Kier molecular flexibility index (Phi) is 4.40. The second kappa shape index (κ2) is 4.90. The van der Waals surface area contributed by atoms with E-state index in [0.29, 0.717) is 6.42 Å². The predicted molar refractivity (Wildman–Crippen MR) is 78.4 cm³/mol. The van der Waals surface area contributed by atoms with Gasteiger partial charge in [0.1, 0.15) is 0 Å². The summed E-state index contributed by atoms with van der Waals surface area (Å²) in [5, 5.41) is 0.230. The van der Waals surface area contributed by atoms with Crippen LogP contribution in [0.4, 0.5) is 0 Å². The van der Waals surface area contributed by atoms with Gasteiger partial charge in [-0.15, -0.1) is 0 Å². The van der Waals surface area contributed by atoms with E-state index in [1.54, 1.807) is 0 Å². The Balaban J connectivity index is 2.73. The first-order valence-electron chi connectivity index (χ1n) is 5.72. The lowest BCUT2D eigenvalue weighted by atomic mass is 10.0. The largest absolute Gasteiger partial charge is 0.410 e. The molecule has 0 bridgehead atoms. The van der Waals surface area contributed by atoms with Crippen molar-refractivity contribution in [3.8, 4) is 0 Å². The van der Waals surface area contributed by atoms with Crippen molar-refractivity contribution in [2.24, 2.45) is 0 Å². The first kappa shape index (κ1) is 14.4. The summed E-state index contributed by atoms with van der Waals surface area (Å²) >= 11 is 2.12. The number of hydrogen-bond donors (Lipinski definition) is 0. The second-order valence-corrected chi connectivity index (χ2v) is 11.8. The van der Waals surface area contributed by atoms with Crippen molar-refractivity contribution in [1.82, 2.24) is 0 Å². The van der Waals surface area contributed by atoms with Gasteiger partial charge in [-0.05, 0) is 53.2 Å². The average molecular weight is 352 g/mol. The topological polar surface area (TPSA) is 26.3 Å². The number of allylic oxidation sites excluding steroid dienone is 1. The molecule has 4 heteroatoms. The summed E-state index contributed by atoms with van der Waals surface area (Å²) in [4.78, 5) is 11.4. The SMILES string of the molecule is CC(C)(C)[Si](C)(C)O[C@@H]1C=C(I)C(=O)CC1. The van der Waals surface area contributed by atoms with E-state index >= 15 is 0 Å². The maximum absolute atomic E-state index is 11.4. The molecular formula is C12H21IO2Si. The van der Waals surface area contributed by atoms with Crippen LogP contribution in [0.5, 0.6) is 0 Å². The molecule has 1 rings (SSSR count). The molecule has 16 heavy (non-hydrogen) atoms. The first-order valence-corrected chi connectivity index (χ1v) is 9.70. The summed E-state index contributed by atoms with van der Waals surface area (Å²) < 4.78 is 7.11. The fourth-order valence-corrected chi connectivity index (χ4v) is 3.35. The molecule has 0 saturated carbocycles. The van der Waals surface area contributed by atoms with Gasteiger partial charge in [0.25, 0.3) is 0 Å². The number of carbonyl (C=O) groups excluding carboxylic acids is 1. The number of halogens is 1. The number of ketones is 1. The van der Waals surface area contributed by atoms with Crippen LogP contribution in [-0.4, -0.2) is 20.2 Å². The van der Waals surface area contributed by atoms with Crippen LogP contribution in [0.15, 0.2) is 9.66 Å². The van der Waals surface area contributed by atoms with Gasteiger partial charge in [-0.25, -0.2) is 0 Å². The molecule has 1 aliphatic carbocycles. The highest BCUT2D eigenvalue weighted by atomic mass is 127. The lowest BCUT2D eigenvalue weighted by Crippen LogP contribution is -2.44. The van der Waals surface area contributed by atoms with E-state index in [9.17, 15) is 4.79 Å². The van der Waals surface area contributed by atoms with Crippen LogP contribution in [0, 0.1) is 0 Å². The molecular weight excluding hydrogens is 331 g/mol. The van der Waals surface area contributed by atoms with Crippen LogP contribution in [0.1, 0.15) is 33.6 Å². The van der Waals surface area contributed by atoms with Crippen molar-refractivity contribution in [3.05, 3.63) is 9.66 Å². The minimum Gasteiger partial charge on any atom is -0.410 e. The highest BCUT2D eigenvalue weighted by Gasteiger charge is 2.39. The summed E-state index contributed by atoms with van der Waals surface area (Å²) in [6.07, 6.45) is 3.61. The zero-order chi connectivity index (χ0) is 12.6. The highest BCUT2D eigenvalue weighted by Crippen LogP contribution is 2.38. The van der Waals surface area contributed by atoms with Crippen molar-refractivity contribution in [2.45, 2.75) is 57.8 Å². The molecule has 92 valence electrons. The Bertz CT molecular complexity index is 315. The van der Waals surface area contributed by atoms with Crippen LogP contribution >= 0.6 is 22.6 Å². The molecule has 0 fully saturated rings. The highest BCUT2D eigenvalue weighted by molar-refractivity contribution is 14.1. The summed E-state index contributed by atoms with van der Waals surface area (Å²) in [5.74, 6) is 0.260. The fraction of sp³-hybridized carbons (Fsp3) is 0.750. The van der Waals surface area contributed by atoms with Gasteiger partial charge in [0.05, 0.1) is 9.68 Å². The number of carbonyl (C=O) groups is 1. The van der Waals surface area contributed by atoms with Gasteiger partial charge in [0, 0.05) is 6.42 Å². The molecule has 0 N–H and O–H groups in total. The Morgan fingerprint density at radius 3 is 2.44 bits per heavy atom. The maximum Gasteiger partial charge on any atom is 0.192 e. The van der Waals surface area contributed by atoms with Crippen LogP contribution in [0.2, 0.25) is 18.1 Å². The van der Waals surface area contributed by atoms with Crippen molar-refractivity contribution >= 4 is 36.7 Å². The van der Waals surface area contributed by atoms with Crippen LogP contribution < -0.4 is 0 Å². The van der Waals surface area contributed by atoms with Gasteiger partial charge in [-0.3, -0.25) is 4.79 Å². The molecule has 0 unspecified atom stereocenters. The zero-order valence-corrected chi connectivity index (χ0v) is 13.9. The average Bonchev–Trinajstić information content (AvgIpc) is 2.09. The Hall–Kier alpha value is 0.317. The molecule has 0 amide bonds. The maximum atomic E-state index is 11.4. The van der Waals surface area contributed by atoms with Crippen molar-refractivity contribution < 1.29 is 9.22 Å². The molecule has 1 aliphatic rings. The first-order chi connectivity index (χ1) is 7.13. The van der Waals surface area contributed by atoms with Crippen molar-refractivity contribution in [3.63, 3.8) is 0 Å². The van der Waals surface area contributed by atoms with E-state index in [-0.39, 0.29) is 16.9 Å². The Morgan fingerprint density at radius 2 is 2.00 bits per heavy atom. The molecule has 0 aromatic heterocycles. The summed E-state index contributed by atoms with van der Waals surface area (Å²) in [6.45, 7) is 11.2. The quantitative estimate of drug-likeness (QED) is 0.553. The van der Waals surface area contributed by atoms with Gasteiger partial charge in [-0.2, -0.15) is 0 Å². The summed E-state index contributed by atoms with van der Waals surface area (Å²) in [6, 6.07) is 0. The third-order valence-electron chi connectivity index (χ3n) is 3.51. The van der Waals surface area contributed by atoms with Gasteiger partial charge in [-0.1, -0.05) is 20.8 Å². The molecule has 0 saturated heterocycles. The molecule has 0 aromatic carbocycles. The number of hydrogen-bond acceptors (Lipinski definition) is 2. The molecule has 0 heterocycles. The van der Waals surface area contributed by atoms with Gasteiger partial charge in [0.15, 0.2) is 14.1 Å². The van der Waals surface area contributed by atoms with E-state index in [1.165, 1.54) is 0 Å². The minimum absolute atomic E-state index is 0.144. The zero-order valence-electron chi connectivity index (χ0n) is 10.8. The van der Waals surface area contributed by atoms with E-state index in [0.717, 1.165) is 10.0 Å². The molecule has 0 radical (unpaired) electrons. The smallest absolute Gasteiger partial charge is 0.192 e. The van der Waals surface area contributed by atoms with Gasteiger partial charge < -0.3 is 4.43 Å². The van der Waals surface area contributed by atoms with Crippen LogP contribution in [0.25, 0.3) is 0 Å². The van der Waals surface area contributed by atoms with E-state index < -0.39 is 8.32 Å².